The van der Waals surface area contributed by atoms with Gasteiger partial charge in [0.05, 0.1) is 22.1 Å². The van der Waals surface area contributed by atoms with Gasteiger partial charge in [0, 0.05) is 55.3 Å². The van der Waals surface area contributed by atoms with Crippen molar-refractivity contribution in [1.82, 2.24) is 9.13 Å². The van der Waals surface area contributed by atoms with Gasteiger partial charge in [-0.25, -0.2) is 0 Å². The van der Waals surface area contributed by atoms with Gasteiger partial charge in [-0.3, -0.25) is 0 Å². The van der Waals surface area contributed by atoms with Crippen molar-refractivity contribution in [2.24, 2.45) is 0 Å². The lowest BCUT2D eigenvalue weighted by atomic mass is 9.43. The minimum atomic E-state index is -0.157. The number of rotatable bonds is 2. The first-order chi connectivity index (χ1) is 25.1. The predicted octanol–water partition coefficient (Wildman–Crippen LogP) is 9.98. The highest BCUT2D eigenvalue weighted by atomic mass is 15.1. The second-order valence-corrected chi connectivity index (χ2v) is 14.9. The molecule has 7 aromatic carbocycles. The number of aromatic nitrogens is 2. The summed E-state index contributed by atoms with van der Waals surface area (Å²) in [5.41, 5.74) is 18.2. The highest BCUT2D eigenvalue weighted by molar-refractivity contribution is 6.93. The van der Waals surface area contributed by atoms with E-state index in [4.69, 9.17) is 0 Å². The molecule has 2 aromatic heterocycles. The number of hydrogen-bond donors (Lipinski definition) is 0. The molecule has 3 nitrogen and oxygen atoms in total. The number of hydrogen-bond acceptors (Lipinski definition) is 1. The third kappa shape index (κ3) is 3.31. The van der Waals surface area contributed by atoms with Crippen molar-refractivity contribution in [3.63, 3.8) is 0 Å². The molecule has 1 aliphatic carbocycles. The maximum atomic E-state index is 2.66. The van der Waals surface area contributed by atoms with Crippen LogP contribution in [0.5, 0.6) is 0 Å². The second-order valence-electron chi connectivity index (χ2n) is 14.9. The van der Waals surface area contributed by atoms with Crippen molar-refractivity contribution < 1.29 is 0 Å². The Bertz CT molecular complexity index is 3000. The van der Waals surface area contributed by atoms with Crippen molar-refractivity contribution in [1.29, 1.82) is 0 Å². The van der Waals surface area contributed by atoms with Gasteiger partial charge in [-0.2, -0.15) is 0 Å². The molecular formula is C47H32BN3. The Morgan fingerprint density at radius 2 is 1.12 bits per heavy atom. The number of anilines is 1. The summed E-state index contributed by atoms with van der Waals surface area (Å²) in [7, 11) is 0. The van der Waals surface area contributed by atoms with Gasteiger partial charge >= 0.3 is 6.85 Å². The third-order valence-corrected chi connectivity index (χ3v) is 12.0. The van der Waals surface area contributed by atoms with E-state index in [9.17, 15) is 0 Å². The van der Waals surface area contributed by atoms with Crippen LogP contribution in [0.25, 0.3) is 66.3 Å². The normalized spacial score (nSPS) is 15.3. The molecule has 0 unspecified atom stereocenters. The van der Waals surface area contributed by atoms with Crippen LogP contribution >= 0.6 is 0 Å². The van der Waals surface area contributed by atoms with E-state index in [-0.39, 0.29) is 12.3 Å². The van der Waals surface area contributed by atoms with Crippen LogP contribution in [0.1, 0.15) is 30.5 Å². The Morgan fingerprint density at radius 3 is 1.94 bits per heavy atom. The van der Waals surface area contributed by atoms with E-state index in [0.717, 1.165) is 0 Å². The molecule has 0 saturated heterocycles. The average molecular weight is 650 g/mol. The van der Waals surface area contributed by atoms with Gasteiger partial charge in [0.25, 0.3) is 0 Å². The zero-order valence-corrected chi connectivity index (χ0v) is 28.4. The Kier molecular flexibility index (Phi) is 5.13. The standard InChI is InChI=1S/C47H32BN3/c1-47(2)37-23-11-9-20-33(37)46-43(47)34-22-14-26-40-44(34)48(51(46)30-17-7-4-8-18-30)38-24-13-21-32-36-28-41-35(27-42(36)50(40)45(32)38)31-19-10-12-25-39(31)49(41)29-15-5-3-6-16-29/h3-28H,1-2H3. The highest BCUT2D eigenvalue weighted by Crippen LogP contribution is 2.55. The molecule has 2 aliphatic heterocycles. The third-order valence-electron chi connectivity index (χ3n) is 12.0. The van der Waals surface area contributed by atoms with Crippen LogP contribution in [0.4, 0.5) is 5.69 Å². The predicted molar refractivity (Wildman–Crippen MR) is 215 cm³/mol. The van der Waals surface area contributed by atoms with Crippen LogP contribution in [-0.4, -0.2) is 16.0 Å². The van der Waals surface area contributed by atoms with E-state index in [1.54, 1.807) is 0 Å². The molecule has 3 aliphatic rings. The van der Waals surface area contributed by atoms with Gasteiger partial charge in [0.2, 0.25) is 0 Å². The molecule has 51 heavy (non-hydrogen) atoms. The van der Waals surface area contributed by atoms with E-state index in [1.165, 1.54) is 99.6 Å². The summed E-state index contributed by atoms with van der Waals surface area (Å²) >= 11 is 0. The topological polar surface area (TPSA) is 13.1 Å². The zero-order chi connectivity index (χ0) is 33.6. The molecule has 238 valence electrons. The Balaban J connectivity index is 1.24. The fourth-order valence-corrected chi connectivity index (χ4v) is 10.1. The van der Waals surface area contributed by atoms with Crippen LogP contribution in [0.3, 0.4) is 0 Å². The van der Waals surface area contributed by atoms with Crippen molar-refractivity contribution in [2.45, 2.75) is 19.3 Å². The summed E-state index contributed by atoms with van der Waals surface area (Å²) in [5, 5.41) is 5.13. The van der Waals surface area contributed by atoms with Gasteiger partial charge < -0.3 is 13.9 Å². The Morgan fingerprint density at radius 1 is 0.490 bits per heavy atom. The summed E-state index contributed by atoms with van der Waals surface area (Å²) in [6.07, 6.45) is 0. The lowest BCUT2D eigenvalue weighted by Gasteiger charge is -2.43. The summed E-state index contributed by atoms with van der Waals surface area (Å²) in [5.74, 6) is 0. The number of fused-ring (bicyclic) bond motifs is 11. The lowest BCUT2D eigenvalue weighted by molar-refractivity contribution is 0.704. The first kappa shape index (κ1) is 27.6. The molecule has 0 spiro atoms. The molecule has 9 aromatic rings. The average Bonchev–Trinajstić information content (AvgIpc) is 3.77. The molecule has 4 heteroatoms. The van der Waals surface area contributed by atoms with Gasteiger partial charge in [-0.1, -0.05) is 123 Å². The van der Waals surface area contributed by atoms with E-state index < -0.39 is 0 Å². The maximum absolute atomic E-state index is 2.66. The Hall–Kier alpha value is -6.26. The van der Waals surface area contributed by atoms with E-state index >= 15 is 0 Å². The molecule has 0 atom stereocenters. The highest BCUT2D eigenvalue weighted by Gasteiger charge is 2.51. The summed E-state index contributed by atoms with van der Waals surface area (Å²) in [4.78, 5) is 2.66. The minimum absolute atomic E-state index is 0.0215. The molecule has 0 saturated carbocycles. The van der Waals surface area contributed by atoms with Gasteiger partial charge in [0.15, 0.2) is 0 Å². The molecule has 12 rings (SSSR count). The zero-order valence-electron chi connectivity index (χ0n) is 28.4. The van der Waals surface area contributed by atoms with E-state index in [1.807, 2.05) is 0 Å². The van der Waals surface area contributed by atoms with Crippen molar-refractivity contribution >= 4 is 78.3 Å². The molecule has 0 fully saturated rings. The molecule has 0 amide bonds. The fourth-order valence-electron chi connectivity index (χ4n) is 10.1. The number of para-hydroxylation sites is 4. The van der Waals surface area contributed by atoms with Gasteiger partial charge in [-0.05, 0) is 76.2 Å². The molecule has 0 N–H and O–H groups in total. The largest absolute Gasteiger partial charge is 0.376 e. The molecule has 0 bridgehead atoms. The second kappa shape index (κ2) is 9.50. The number of benzene rings is 7. The van der Waals surface area contributed by atoms with Gasteiger partial charge in [-0.15, -0.1) is 0 Å². The van der Waals surface area contributed by atoms with Crippen molar-refractivity contribution in [3.05, 3.63) is 174 Å². The van der Waals surface area contributed by atoms with Crippen molar-refractivity contribution in [2.75, 3.05) is 4.81 Å². The number of allylic oxidation sites excluding steroid dienone is 1. The Labute approximate surface area is 296 Å². The summed E-state index contributed by atoms with van der Waals surface area (Å²) in [6, 6.07) is 58.8. The quantitative estimate of drug-likeness (QED) is 0.170. The van der Waals surface area contributed by atoms with Crippen LogP contribution < -0.4 is 15.7 Å². The van der Waals surface area contributed by atoms with Gasteiger partial charge in [0.1, 0.15) is 0 Å². The molecule has 4 heterocycles. The van der Waals surface area contributed by atoms with Crippen molar-refractivity contribution in [3.8, 4) is 11.4 Å². The maximum Gasteiger partial charge on any atom is 0.333 e. The first-order valence-corrected chi connectivity index (χ1v) is 18.0. The summed E-state index contributed by atoms with van der Waals surface area (Å²) < 4.78 is 5.03. The van der Waals surface area contributed by atoms with E-state index in [0.29, 0.717) is 0 Å². The van der Waals surface area contributed by atoms with Crippen LogP contribution in [0.2, 0.25) is 0 Å². The summed E-state index contributed by atoms with van der Waals surface area (Å²) in [6.45, 7) is 4.85. The molecular weight excluding hydrogens is 617 g/mol. The van der Waals surface area contributed by atoms with Crippen LogP contribution in [0.15, 0.2) is 158 Å². The number of nitrogens with zero attached hydrogens (tertiary/aromatic N) is 3. The lowest BCUT2D eigenvalue weighted by Crippen LogP contribution is -2.62. The van der Waals surface area contributed by atoms with Crippen LogP contribution in [-0.2, 0) is 5.41 Å². The first-order valence-electron chi connectivity index (χ1n) is 18.0. The fraction of sp³-hybridized carbons (Fsp3) is 0.0638. The SMILES string of the molecule is CC1(C)C2=C(c3ccccc31)N(c1ccccc1)B1c3c2cccc3-n2c3cc4c5ccccc5n(-c5ccccc5)c4cc3c3cccc1c32. The smallest absolute Gasteiger partial charge is 0.333 e. The minimum Gasteiger partial charge on any atom is -0.376 e. The monoisotopic (exact) mass is 649 g/mol. The molecule has 0 radical (unpaired) electrons. The van der Waals surface area contributed by atoms with E-state index in [2.05, 4.69) is 186 Å². The van der Waals surface area contributed by atoms with Crippen LogP contribution in [0, 0.1) is 0 Å².